The number of benzene rings is 1. The molecule has 0 saturated carbocycles. The summed E-state index contributed by atoms with van der Waals surface area (Å²) in [6.45, 7) is 2.93. The molecule has 1 N–H and O–H groups in total. The highest BCUT2D eigenvalue weighted by Crippen LogP contribution is 2.28. The first-order valence-electron chi connectivity index (χ1n) is 5.67. The maximum atomic E-state index is 13.2. The van der Waals surface area contributed by atoms with Crippen molar-refractivity contribution in [2.75, 3.05) is 26.2 Å². The Kier molecular flexibility index (Phi) is 4.69. The summed E-state index contributed by atoms with van der Waals surface area (Å²) < 4.78 is 27.5. The molecule has 1 saturated heterocycles. The van der Waals surface area contributed by atoms with Crippen molar-refractivity contribution in [3.05, 3.63) is 33.4 Å². The second-order valence-electron chi connectivity index (χ2n) is 4.12. The van der Waals surface area contributed by atoms with Gasteiger partial charge in [0.25, 0.3) is 6.43 Å². The predicted octanol–water partition coefficient (Wildman–Crippen LogP) is 2.50. The average molecular weight is 352 g/mol. The van der Waals surface area contributed by atoms with E-state index in [0.717, 1.165) is 16.7 Å². The second kappa shape index (κ2) is 6.06. The maximum Gasteiger partial charge on any atom is 0.258 e. The lowest BCUT2D eigenvalue weighted by atomic mass is 10.1. The summed E-state index contributed by atoms with van der Waals surface area (Å²) in [5.74, 6) is 0. The molecule has 1 aliphatic heterocycles. The number of piperazine rings is 1. The number of nitrogens with one attached hydrogen (secondary N) is 1. The summed E-state index contributed by atoms with van der Waals surface area (Å²) in [6, 6.07) is 6.61. The molecule has 1 atom stereocenters. The van der Waals surface area contributed by atoms with Gasteiger partial charge in [-0.05, 0) is 40.3 Å². The van der Waals surface area contributed by atoms with Crippen LogP contribution in [0.5, 0.6) is 0 Å². The van der Waals surface area contributed by atoms with E-state index < -0.39 is 12.5 Å². The Labute approximate surface area is 114 Å². The maximum absolute atomic E-state index is 13.2. The first-order chi connectivity index (χ1) is 8.18. The van der Waals surface area contributed by atoms with Crippen LogP contribution >= 0.6 is 22.6 Å². The molecule has 5 heteroatoms. The highest BCUT2D eigenvalue weighted by atomic mass is 127. The molecule has 0 radical (unpaired) electrons. The first-order valence-corrected chi connectivity index (χ1v) is 6.75. The van der Waals surface area contributed by atoms with E-state index in [1.54, 1.807) is 12.1 Å². The largest absolute Gasteiger partial charge is 0.314 e. The van der Waals surface area contributed by atoms with Crippen LogP contribution in [-0.2, 0) is 0 Å². The number of hydrogen-bond acceptors (Lipinski definition) is 2. The van der Waals surface area contributed by atoms with E-state index in [1.807, 2.05) is 17.0 Å². The van der Waals surface area contributed by atoms with Gasteiger partial charge in [-0.1, -0.05) is 12.1 Å². The van der Waals surface area contributed by atoms with Gasteiger partial charge in [-0.15, -0.1) is 0 Å². The number of hydrogen-bond donors (Lipinski definition) is 1. The van der Waals surface area contributed by atoms with Crippen molar-refractivity contribution in [1.29, 1.82) is 0 Å². The van der Waals surface area contributed by atoms with Crippen LogP contribution in [0.15, 0.2) is 24.3 Å². The quantitative estimate of drug-likeness (QED) is 0.841. The van der Waals surface area contributed by atoms with Gasteiger partial charge in [0.2, 0.25) is 0 Å². The summed E-state index contributed by atoms with van der Waals surface area (Å²) in [7, 11) is 0. The number of nitrogens with zero attached hydrogens (tertiary/aromatic N) is 1. The van der Waals surface area contributed by atoms with Gasteiger partial charge < -0.3 is 5.32 Å². The lowest BCUT2D eigenvalue weighted by Gasteiger charge is -2.34. The van der Waals surface area contributed by atoms with Crippen LogP contribution < -0.4 is 5.32 Å². The van der Waals surface area contributed by atoms with Crippen LogP contribution in [-0.4, -0.2) is 37.5 Å². The smallest absolute Gasteiger partial charge is 0.258 e. The van der Waals surface area contributed by atoms with Gasteiger partial charge in [0.05, 0.1) is 6.04 Å². The molecule has 17 heavy (non-hydrogen) atoms. The van der Waals surface area contributed by atoms with Crippen molar-refractivity contribution in [3.63, 3.8) is 0 Å². The molecule has 0 bridgehead atoms. The van der Waals surface area contributed by atoms with Crippen molar-refractivity contribution < 1.29 is 8.78 Å². The topological polar surface area (TPSA) is 15.3 Å². The van der Waals surface area contributed by atoms with Crippen LogP contribution in [0.2, 0.25) is 0 Å². The zero-order chi connectivity index (χ0) is 12.3. The van der Waals surface area contributed by atoms with Gasteiger partial charge in [-0.2, -0.15) is 0 Å². The third kappa shape index (κ3) is 3.35. The van der Waals surface area contributed by atoms with Crippen LogP contribution in [0.3, 0.4) is 0 Å². The third-order valence-electron chi connectivity index (χ3n) is 3.00. The predicted molar refractivity (Wildman–Crippen MR) is 72.3 cm³/mol. The Bertz CT molecular complexity index is 350. The normalized spacial score (nSPS) is 19.5. The molecule has 1 heterocycles. The SMILES string of the molecule is FC(F)[C@@H](c1ccc(I)cc1)N1CCNCC1. The van der Waals surface area contributed by atoms with Crippen LogP contribution in [0.25, 0.3) is 0 Å². The van der Waals surface area contributed by atoms with Gasteiger partial charge in [0, 0.05) is 29.7 Å². The van der Waals surface area contributed by atoms with E-state index in [-0.39, 0.29) is 0 Å². The van der Waals surface area contributed by atoms with Gasteiger partial charge in [-0.25, -0.2) is 8.78 Å². The molecule has 2 nitrogen and oxygen atoms in total. The first kappa shape index (κ1) is 13.2. The zero-order valence-electron chi connectivity index (χ0n) is 9.37. The van der Waals surface area contributed by atoms with E-state index in [4.69, 9.17) is 0 Å². The minimum atomic E-state index is -2.34. The lowest BCUT2D eigenvalue weighted by Crippen LogP contribution is -2.46. The Morgan fingerprint density at radius 2 is 1.71 bits per heavy atom. The van der Waals surface area contributed by atoms with E-state index in [9.17, 15) is 8.78 Å². The molecular weight excluding hydrogens is 337 g/mol. The van der Waals surface area contributed by atoms with Crippen molar-refractivity contribution in [2.24, 2.45) is 0 Å². The summed E-state index contributed by atoms with van der Waals surface area (Å²) in [5, 5.41) is 3.18. The average Bonchev–Trinajstić information content (AvgIpc) is 2.33. The number of halogens is 3. The fraction of sp³-hybridized carbons (Fsp3) is 0.500. The van der Waals surface area contributed by atoms with E-state index in [0.29, 0.717) is 18.7 Å². The lowest BCUT2D eigenvalue weighted by molar-refractivity contribution is 0.0182. The molecule has 2 rings (SSSR count). The molecule has 0 spiro atoms. The third-order valence-corrected chi connectivity index (χ3v) is 3.71. The summed E-state index contributed by atoms with van der Waals surface area (Å²) in [5.41, 5.74) is 0.710. The van der Waals surface area contributed by atoms with Crippen molar-refractivity contribution in [1.82, 2.24) is 10.2 Å². The van der Waals surface area contributed by atoms with Gasteiger partial charge >= 0.3 is 0 Å². The Balaban J connectivity index is 2.18. The van der Waals surface area contributed by atoms with Crippen LogP contribution in [0.4, 0.5) is 8.78 Å². The molecule has 0 amide bonds. The second-order valence-corrected chi connectivity index (χ2v) is 5.36. The van der Waals surface area contributed by atoms with Crippen molar-refractivity contribution in [2.45, 2.75) is 12.5 Å². The Hall–Kier alpha value is -0.270. The summed E-state index contributed by atoms with van der Waals surface area (Å²) >= 11 is 2.18. The fourth-order valence-electron chi connectivity index (χ4n) is 2.14. The van der Waals surface area contributed by atoms with E-state index >= 15 is 0 Å². The van der Waals surface area contributed by atoms with Crippen LogP contribution in [0, 0.1) is 3.57 Å². The summed E-state index contributed by atoms with van der Waals surface area (Å²) in [6.07, 6.45) is -2.34. The molecular formula is C12H15F2IN2. The number of rotatable bonds is 3. The highest BCUT2D eigenvalue weighted by molar-refractivity contribution is 14.1. The molecule has 1 aromatic rings. The van der Waals surface area contributed by atoms with E-state index in [1.165, 1.54) is 0 Å². The molecule has 0 aromatic heterocycles. The molecule has 94 valence electrons. The monoisotopic (exact) mass is 352 g/mol. The minimum Gasteiger partial charge on any atom is -0.314 e. The van der Waals surface area contributed by atoms with Gasteiger partial charge in [-0.3, -0.25) is 4.90 Å². The number of alkyl halides is 2. The van der Waals surface area contributed by atoms with Crippen LogP contribution in [0.1, 0.15) is 11.6 Å². The molecule has 0 aliphatic carbocycles. The standard InChI is InChI=1S/C12H15F2IN2/c13-12(14)11(17-7-5-16-6-8-17)9-1-3-10(15)4-2-9/h1-4,11-12,16H,5-8H2/t11-/m1/s1. The minimum absolute atomic E-state index is 0.682. The van der Waals surface area contributed by atoms with Crippen molar-refractivity contribution in [3.8, 4) is 0 Å². The van der Waals surface area contributed by atoms with Gasteiger partial charge in [0.1, 0.15) is 0 Å². The molecule has 1 aromatic carbocycles. The highest BCUT2D eigenvalue weighted by Gasteiger charge is 2.29. The van der Waals surface area contributed by atoms with E-state index in [2.05, 4.69) is 27.9 Å². The summed E-state index contributed by atoms with van der Waals surface area (Å²) in [4.78, 5) is 1.86. The fourth-order valence-corrected chi connectivity index (χ4v) is 2.50. The molecule has 0 unspecified atom stereocenters. The Morgan fingerprint density at radius 1 is 1.12 bits per heavy atom. The Morgan fingerprint density at radius 3 is 2.24 bits per heavy atom. The molecule has 1 aliphatic rings. The van der Waals surface area contributed by atoms with Crippen molar-refractivity contribution >= 4 is 22.6 Å². The molecule has 1 fully saturated rings. The zero-order valence-corrected chi connectivity index (χ0v) is 11.5. The van der Waals surface area contributed by atoms with Gasteiger partial charge in [0.15, 0.2) is 0 Å².